The number of nitrogens with zero attached hydrogens (tertiary/aromatic N) is 1. The van der Waals surface area contributed by atoms with E-state index in [0.717, 1.165) is 25.7 Å². The van der Waals surface area contributed by atoms with Gasteiger partial charge in [0.25, 0.3) is 0 Å². The van der Waals surface area contributed by atoms with E-state index in [1.54, 1.807) is 4.90 Å². The van der Waals surface area contributed by atoms with Gasteiger partial charge in [-0.3, -0.25) is 9.69 Å². The quantitative estimate of drug-likeness (QED) is 0.634. The number of rotatable bonds is 0. The Kier molecular flexibility index (Phi) is 2.48. The monoisotopic (exact) mass is 225 g/mol. The maximum absolute atomic E-state index is 11.9. The molecule has 1 amide bonds. The highest BCUT2D eigenvalue weighted by molar-refractivity contribution is 6.01. The van der Waals surface area contributed by atoms with Crippen LogP contribution in [-0.4, -0.2) is 34.5 Å². The predicted octanol–water partition coefficient (Wildman–Crippen LogP) is 2.12. The average molecular weight is 225 g/mol. The Morgan fingerprint density at radius 2 is 1.88 bits per heavy atom. The Balaban J connectivity index is 2.06. The van der Waals surface area contributed by atoms with E-state index in [1.807, 2.05) is 20.8 Å². The number of amides is 1. The van der Waals surface area contributed by atoms with Crippen LogP contribution in [0.4, 0.5) is 4.79 Å². The lowest BCUT2D eigenvalue weighted by Crippen LogP contribution is -2.69. The molecule has 0 aromatic carbocycles. The van der Waals surface area contributed by atoms with Crippen molar-refractivity contribution in [3.8, 4) is 0 Å². The van der Waals surface area contributed by atoms with E-state index in [9.17, 15) is 9.59 Å². The summed E-state index contributed by atoms with van der Waals surface area (Å²) in [6.45, 7) is 5.75. The van der Waals surface area contributed by atoms with E-state index in [-0.39, 0.29) is 18.4 Å². The fraction of sp³-hybridized carbons (Fsp3) is 0.833. The average Bonchev–Trinajstić information content (AvgIpc) is 2.61. The van der Waals surface area contributed by atoms with Gasteiger partial charge in [-0.25, -0.2) is 4.79 Å². The molecule has 0 aromatic rings. The minimum Gasteiger partial charge on any atom is -0.444 e. The van der Waals surface area contributed by atoms with Gasteiger partial charge in [-0.2, -0.15) is 0 Å². The van der Waals surface area contributed by atoms with E-state index in [0.29, 0.717) is 0 Å². The van der Waals surface area contributed by atoms with Crippen molar-refractivity contribution in [1.82, 2.24) is 4.90 Å². The van der Waals surface area contributed by atoms with E-state index in [2.05, 4.69) is 0 Å². The molecule has 1 aliphatic carbocycles. The van der Waals surface area contributed by atoms with Gasteiger partial charge in [0.2, 0.25) is 0 Å². The standard InChI is InChI=1S/C12H19NO3/c1-11(2,3)16-10(15)13-8-9(14)12(13)6-4-5-7-12/h4-8H2,1-3H3. The molecule has 1 saturated carbocycles. The van der Waals surface area contributed by atoms with Crippen molar-refractivity contribution in [2.75, 3.05) is 6.54 Å². The van der Waals surface area contributed by atoms with Crippen molar-refractivity contribution in [2.24, 2.45) is 0 Å². The predicted molar refractivity (Wildman–Crippen MR) is 59.1 cm³/mol. The van der Waals surface area contributed by atoms with Crippen molar-refractivity contribution in [1.29, 1.82) is 0 Å². The van der Waals surface area contributed by atoms with E-state index in [1.165, 1.54) is 0 Å². The Labute approximate surface area is 95.9 Å². The van der Waals surface area contributed by atoms with Gasteiger partial charge in [0.05, 0.1) is 6.54 Å². The Hall–Kier alpha value is -1.06. The summed E-state index contributed by atoms with van der Waals surface area (Å²) in [6.07, 6.45) is 3.35. The molecular formula is C12H19NO3. The summed E-state index contributed by atoms with van der Waals surface area (Å²) in [7, 11) is 0. The second-order valence-electron chi connectivity index (χ2n) is 5.73. The molecule has 2 rings (SSSR count). The number of carbonyl (C=O) groups excluding carboxylic acids is 2. The lowest BCUT2D eigenvalue weighted by Gasteiger charge is -2.48. The zero-order chi connectivity index (χ0) is 12.0. The molecule has 0 aromatic heterocycles. The van der Waals surface area contributed by atoms with Gasteiger partial charge in [-0.15, -0.1) is 0 Å². The summed E-state index contributed by atoms with van der Waals surface area (Å²) in [5, 5.41) is 0. The van der Waals surface area contributed by atoms with Gasteiger partial charge in [-0.1, -0.05) is 12.8 Å². The lowest BCUT2D eigenvalue weighted by molar-refractivity contribution is -0.146. The van der Waals surface area contributed by atoms with Crippen LogP contribution in [0.3, 0.4) is 0 Å². The van der Waals surface area contributed by atoms with E-state index in [4.69, 9.17) is 4.74 Å². The summed E-state index contributed by atoms with van der Waals surface area (Å²) in [5.41, 5.74) is -0.988. The second-order valence-corrected chi connectivity index (χ2v) is 5.73. The van der Waals surface area contributed by atoms with Crippen LogP contribution >= 0.6 is 0 Å². The van der Waals surface area contributed by atoms with Gasteiger partial charge < -0.3 is 4.74 Å². The number of ether oxygens (including phenoxy) is 1. The molecule has 2 aliphatic rings. The molecule has 1 heterocycles. The topological polar surface area (TPSA) is 46.6 Å². The number of hydrogen-bond donors (Lipinski definition) is 0. The number of hydrogen-bond acceptors (Lipinski definition) is 3. The highest BCUT2D eigenvalue weighted by atomic mass is 16.6. The Morgan fingerprint density at radius 1 is 1.31 bits per heavy atom. The van der Waals surface area contributed by atoms with Crippen LogP contribution in [0.15, 0.2) is 0 Å². The first kappa shape index (κ1) is 11.4. The normalized spacial score (nSPS) is 23.4. The molecule has 0 N–H and O–H groups in total. The smallest absolute Gasteiger partial charge is 0.411 e. The molecule has 0 unspecified atom stereocenters. The SMILES string of the molecule is CC(C)(C)OC(=O)N1CC(=O)C12CCCC2. The molecule has 0 atom stereocenters. The molecule has 0 radical (unpaired) electrons. The number of ketones is 1. The first-order chi connectivity index (χ1) is 7.35. The van der Waals surface area contributed by atoms with E-state index < -0.39 is 11.1 Å². The third-order valence-electron chi connectivity index (χ3n) is 3.38. The molecule has 1 spiro atoms. The molecule has 1 saturated heterocycles. The maximum Gasteiger partial charge on any atom is 0.411 e. The van der Waals surface area contributed by atoms with Gasteiger partial charge in [0.15, 0.2) is 5.78 Å². The van der Waals surface area contributed by atoms with Gasteiger partial charge in [-0.05, 0) is 33.6 Å². The van der Waals surface area contributed by atoms with Crippen LogP contribution in [0.25, 0.3) is 0 Å². The molecule has 16 heavy (non-hydrogen) atoms. The fourth-order valence-corrected chi connectivity index (χ4v) is 2.57. The molecule has 4 nitrogen and oxygen atoms in total. The molecular weight excluding hydrogens is 206 g/mol. The van der Waals surface area contributed by atoms with Crippen molar-refractivity contribution in [3.63, 3.8) is 0 Å². The first-order valence-electron chi connectivity index (χ1n) is 5.89. The van der Waals surface area contributed by atoms with Crippen LogP contribution < -0.4 is 0 Å². The summed E-state index contributed by atoms with van der Waals surface area (Å²) < 4.78 is 5.31. The summed E-state index contributed by atoms with van der Waals surface area (Å²) in [4.78, 5) is 25.2. The molecule has 90 valence electrons. The van der Waals surface area contributed by atoms with Gasteiger partial charge in [0, 0.05) is 0 Å². The van der Waals surface area contributed by atoms with Crippen LogP contribution in [0.5, 0.6) is 0 Å². The minimum atomic E-state index is -0.498. The highest BCUT2D eigenvalue weighted by Crippen LogP contribution is 2.42. The van der Waals surface area contributed by atoms with Gasteiger partial charge >= 0.3 is 6.09 Å². The first-order valence-corrected chi connectivity index (χ1v) is 5.89. The largest absolute Gasteiger partial charge is 0.444 e. The molecule has 1 aliphatic heterocycles. The highest BCUT2D eigenvalue weighted by Gasteiger charge is 2.57. The minimum absolute atomic E-state index is 0.204. The van der Waals surface area contributed by atoms with Gasteiger partial charge in [0.1, 0.15) is 11.1 Å². The number of Topliss-reactive ketones (excluding diaryl/α,β-unsaturated/α-hetero) is 1. The fourth-order valence-electron chi connectivity index (χ4n) is 2.57. The lowest BCUT2D eigenvalue weighted by atomic mass is 9.82. The second kappa shape index (κ2) is 3.47. The van der Waals surface area contributed by atoms with Crippen LogP contribution in [0.2, 0.25) is 0 Å². The van der Waals surface area contributed by atoms with Crippen molar-refractivity contribution in [2.45, 2.75) is 57.6 Å². The summed E-state index contributed by atoms with van der Waals surface area (Å²) in [5.74, 6) is 0.204. The third-order valence-corrected chi connectivity index (χ3v) is 3.38. The maximum atomic E-state index is 11.9. The van der Waals surface area contributed by atoms with Crippen molar-refractivity contribution >= 4 is 11.9 Å². The van der Waals surface area contributed by atoms with Crippen molar-refractivity contribution in [3.05, 3.63) is 0 Å². The molecule has 2 fully saturated rings. The Morgan fingerprint density at radius 3 is 2.31 bits per heavy atom. The van der Waals surface area contributed by atoms with Crippen molar-refractivity contribution < 1.29 is 14.3 Å². The Bertz CT molecular complexity index is 324. The van der Waals surface area contributed by atoms with Crippen LogP contribution in [0, 0.1) is 0 Å². The summed E-state index contributed by atoms with van der Waals surface area (Å²) in [6, 6.07) is 0. The zero-order valence-corrected chi connectivity index (χ0v) is 10.2. The molecule has 4 heteroatoms. The van der Waals surface area contributed by atoms with Crippen LogP contribution in [0.1, 0.15) is 46.5 Å². The number of carbonyl (C=O) groups is 2. The molecule has 0 bridgehead atoms. The zero-order valence-electron chi connectivity index (χ0n) is 10.2. The van der Waals surface area contributed by atoms with Crippen LogP contribution in [-0.2, 0) is 9.53 Å². The van der Waals surface area contributed by atoms with E-state index >= 15 is 0 Å². The summed E-state index contributed by atoms with van der Waals surface area (Å²) >= 11 is 0. The third kappa shape index (κ3) is 1.70. The number of likely N-dealkylation sites (tertiary alicyclic amines) is 1.